The Kier molecular flexibility index (Phi) is 4.39. The van der Waals surface area contributed by atoms with E-state index in [0.29, 0.717) is 5.92 Å². The Bertz CT molecular complexity index is 311. The van der Waals surface area contributed by atoms with Gasteiger partial charge < -0.3 is 15.4 Å². The zero-order chi connectivity index (χ0) is 13.9. The highest BCUT2D eigenvalue weighted by atomic mass is 16.6. The number of ether oxygens (including phenoxy) is 1. The van der Waals surface area contributed by atoms with Crippen molar-refractivity contribution >= 4 is 6.09 Å². The molecule has 110 valence electrons. The SMILES string of the molecule is CC(C)(C)OC(=O)NC1(C2CCNCC2)CCCC1. The van der Waals surface area contributed by atoms with Crippen LogP contribution in [0.2, 0.25) is 0 Å². The van der Waals surface area contributed by atoms with E-state index in [1.807, 2.05) is 20.8 Å². The van der Waals surface area contributed by atoms with Crippen LogP contribution in [0, 0.1) is 5.92 Å². The molecule has 0 unspecified atom stereocenters. The van der Waals surface area contributed by atoms with E-state index < -0.39 is 5.60 Å². The molecule has 0 aromatic carbocycles. The maximum Gasteiger partial charge on any atom is 0.408 e. The summed E-state index contributed by atoms with van der Waals surface area (Å²) in [5, 5.41) is 6.63. The monoisotopic (exact) mass is 268 g/mol. The molecule has 4 heteroatoms. The zero-order valence-corrected chi connectivity index (χ0v) is 12.6. The van der Waals surface area contributed by atoms with E-state index in [9.17, 15) is 4.79 Å². The van der Waals surface area contributed by atoms with Crippen molar-refractivity contribution < 1.29 is 9.53 Å². The summed E-state index contributed by atoms with van der Waals surface area (Å²) in [6.45, 7) is 7.89. The van der Waals surface area contributed by atoms with Crippen LogP contribution >= 0.6 is 0 Å². The van der Waals surface area contributed by atoms with Crippen molar-refractivity contribution in [2.45, 2.75) is 70.4 Å². The molecule has 0 spiro atoms. The molecule has 1 aliphatic heterocycles. The summed E-state index contributed by atoms with van der Waals surface area (Å²) in [6, 6.07) is 0. The Morgan fingerprint density at radius 3 is 2.32 bits per heavy atom. The van der Waals surface area contributed by atoms with Crippen molar-refractivity contribution in [1.82, 2.24) is 10.6 Å². The summed E-state index contributed by atoms with van der Waals surface area (Å²) in [5.74, 6) is 0.601. The molecule has 0 aromatic heterocycles. The number of alkyl carbamates (subject to hydrolysis) is 1. The lowest BCUT2D eigenvalue weighted by Crippen LogP contribution is -2.55. The fourth-order valence-electron chi connectivity index (χ4n) is 3.52. The molecule has 0 bridgehead atoms. The van der Waals surface area contributed by atoms with Crippen LogP contribution < -0.4 is 10.6 Å². The maximum absolute atomic E-state index is 12.1. The van der Waals surface area contributed by atoms with E-state index in [1.165, 1.54) is 12.8 Å². The summed E-state index contributed by atoms with van der Waals surface area (Å²) in [7, 11) is 0. The lowest BCUT2D eigenvalue weighted by molar-refractivity contribution is 0.0388. The first kappa shape index (κ1) is 14.6. The number of piperidine rings is 1. The summed E-state index contributed by atoms with van der Waals surface area (Å²) in [4.78, 5) is 12.1. The Hall–Kier alpha value is -0.770. The average Bonchev–Trinajstić information content (AvgIpc) is 2.77. The molecule has 1 saturated carbocycles. The number of nitrogens with one attached hydrogen (secondary N) is 2. The van der Waals surface area contributed by atoms with Gasteiger partial charge in [0.2, 0.25) is 0 Å². The Morgan fingerprint density at radius 1 is 1.21 bits per heavy atom. The minimum atomic E-state index is -0.419. The second-order valence-electron chi connectivity index (χ2n) is 7.01. The van der Waals surface area contributed by atoms with Crippen LogP contribution in [0.3, 0.4) is 0 Å². The van der Waals surface area contributed by atoms with E-state index in [-0.39, 0.29) is 11.6 Å². The Morgan fingerprint density at radius 2 is 1.79 bits per heavy atom. The maximum atomic E-state index is 12.1. The fourth-order valence-corrected chi connectivity index (χ4v) is 3.52. The van der Waals surface area contributed by atoms with Crippen LogP contribution in [0.15, 0.2) is 0 Å². The molecule has 2 rings (SSSR count). The van der Waals surface area contributed by atoms with Crippen molar-refractivity contribution in [1.29, 1.82) is 0 Å². The van der Waals surface area contributed by atoms with Gasteiger partial charge in [-0.2, -0.15) is 0 Å². The van der Waals surface area contributed by atoms with Gasteiger partial charge in [-0.05, 0) is 65.5 Å². The summed E-state index contributed by atoms with van der Waals surface area (Å²) in [6.07, 6.45) is 6.74. The van der Waals surface area contributed by atoms with Gasteiger partial charge in [-0.15, -0.1) is 0 Å². The van der Waals surface area contributed by atoms with E-state index in [0.717, 1.165) is 38.8 Å². The van der Waals surface area contributed by atoms with Crippen molar-refractivity contribution in [2.75, 3.05) is 13.1 Å². The molecule has 0 radical (unpaired) electrons. The lowest BCUT2D eigenvalue weighted by atomic mass is 9.77. The number of hydrogen-bond acceptors (Lipinski definition) is 3. The highest BCUT2D eigenvalue weighted by Crippen LogP contribution is 2.40. The quantitative estimate of drug-likeness (QED) is 0.809. The predicted molar refractivity (Wildman–Crippen MR) is 76.2 cm³/mol. The van der Waals surface area contributed by atoms with E-state index in [1.54, 1.807) is 0 Å². The summed E-state index contributed by atoms with van der Waals surface area (Å²) >= 11 is 0. The topological polar surface area (TPSA) is 50.4 Å². The van der Waals surface area contributed by atoms with Gasteiger partial charge in [0.15, 0.2) is 0 Å². The van der Waals surface area contributed by atoms with Crippen LogP contribution in [0.1, 0.15) is 59.3 Å². The van der Waals surface area contributed by atoms with Gasteiger partial charge in [-0.3, -0.25) is 0 Å². The second-order valence-corrected chi connectivity index (χ2v) is 7.01. The predicted octanol–water partition coefficient (Wildman–Crippen LogP) is 2.82. The molecule has 1 saturated heterocycles. The largest absolute Gasteiger partial charge is 0.444 e. The van der Waals surface area contributed by atoms with Crippen LogP contribution in [-0.4, -0.2) is 30.3 Å². The minimum absolute atomic E-state index is 0.00949. The third kappa shape index (κ3) is 3.85. The smallest absolute Gasteiger partial charge is 0.408 e. The van der Waals surface area contributed by atoms with Gasteiger partial charge in [0, 0.05) is 5.54 Å². The van der Waals surface area contributed by atoms with E-state index in [2.05, 4.69) is 10.6 Å². The second kappa shape index (κ2) is 5.70. The van der Waals surface area contributed by atoms with E-state index >= 15 is 0 Å². The van der Waals surface area contributed by atoms with Gasteiger partial charge in [0.1, 0.15) is 5.60 Å². The first-order chi connectivity index (χ1) is 8.91. The molecule has 19 heavy (non-hydrogen) atoms. The molecule has 2 fully saturated rings. The number of hydrogen-bond donors (Lipinski definition) is 2. The lowest BCUT2D eigenvalue weighted by Gasteiger charge is -2.41. The summed E-state index contributed by atoms with van der Waals surface area (Å²) in [5.41, 5.74) is -0.428. The summed E-state index contributed by atoms with van der Waals surface area (Å²) < 4.78 is 5.45. The first-order valence-electron chi connectivity index (χ1n) is 7.63. The standard InChI is InChI=1S/C15H28N2O2/c1-14(2,3)19-13(18)17-15(8-4-5-9-15)12-6-10-16-11-7-12/h12,16H,4-11H2,1-3H3,(H,17,18). The van der Waals surface area contributed by atoms with Crippen molar-refractivity contribution in [2.24, 2.45) is 5.92 Å². The fraction of sp³-hybridized carbons (Fsp3) is 0.933. The van der Waals surface area contributed by atoms with Gasteiger partial charge >= 0.3 is 6.09 Å². The van der Waals surface area contributed by atoms with Crippen LogP contribution in [0.4, 0.5) is 4.79 Å². The first-order valence-corrected chi connectivity index (χ1v) is 7.63. The molecule has 1 aliphatic carbocycles. The van der Waals surface area contributed by atoms with Gasteiger partial charge in [0.05, 0.1) is 0 Å². The number of carbonyl (C=O) groups is 1. The molecule has 2 aliphatic rings. The molecule has 0 aromatic rings. The van der Waals surface area contributed by atoms with Crippen LogP contribution in [-0.2, 0) is 4.74 Å². The molecule has 4 nitrogen and oxygen atoms in total. The highest BCUT2D eigenvalue weighted by molar-refractivity contribution is 5.69. The van der Waals surface area contributed by atoms with Crippen LogP contribution in [0.25, 0.3) is 0 Å². The third-order valence-electron chi connectivity index (χ3n) is 4.37. The van der Waals surface area contributed by atoms with Crippen LogP contribution in [0.5, 0.6) is 0 Å². The molecule has 0 atom stereocenters. The normalized spacial score (nSPS) is 24.2. The number of amides is 1. The minimum Gasteiger partial charge on any atom is -0.444 e. The van der Waals surface area contributed by atoms with Crippen molar-refractivity contribution in [3.05, 3.63) is 0 Å². The average molecular weight is 268 g/mol. The van der Waals surface area contributed by atoms with Crippen molar-refractivity contribution in [3.63, 3.8) is 0 Å². The Balaban J connectivity index is 2.00. The molecular formula is C15H28N2O2. The highest BCUT2D eigenvalue weighted by Gasteiger charge is 2.43. The van der Waals surface area contributed by atoms with E-state index in [4.69, 9.17) is 4.74 Å². The van der Waals surface area contributed by atoms with Gasteiger partial charge in [-0.1, -0.05) is 12.8 Å². The number of rotatable bonds is 2. The number of carbonyl (C=O) groups excluding carboxylic acids is 1. The van der Waals surface area contributed by atoms with Gasteiger partial charge in [-0.25, -0.2) is 4.79 Å². The molecular weight excluding hydrogens is 240 g/mol. The third-order valence-corrected chi connectivity index (χ3v) is 4.37. The van der Waals surface area contributed by atoms with Crippen molar-refractivity contribution in [3.8, 4) is 0 Å². The molecule has 1 amide bonds. The molecule has 2 N–H and O–H groups in total. The molecule has 1 heterocycles. The van der Waals surface area contributed by atoms with Gasteiger partial charge in [0.25, 0.3) is 0 Å². The Labute approximate surface area is 116 Å². The zero-order valence-electron chi connectivity index (χ0n) is 12.6.